The van der Waals surface area contributed by atoms with Crippen LogP contribution in [0.4, 0.5) is 0 Å². The Morgan fingerprint density at radius 2 is 1.72 bits per heavy atom. The number of rotatable bonds is 7. The second kappa shape index (κ2) is 8.43. The molecular weight excluding hydrogens is 368 g/mol. The van der Waals surface area contributed by atoms with Crippen LogP contribution in [0.1, 0.15) is 23.0 Å². The molecule has 0 N–H and O–H groups in total. The molecule has 0 fully saturated rings. The summed E-state index contributed by atoms with van der Waals surface area (Å²) in [5.41, 5.74) is 2.91. The van der Waals surface area contributed by atoms with Gasteiger partial charge in [0.05, 0.1) is 24.2 Å². The number of nitrogens with zero attached hydrogens (tertiary/aromatic N) is 4. The zero-order chi connectivity index (χ0) is 20.1. The van der Waals surface area contributed by atoms with E-state index < -0.39 is 5.97 Å². The van der Waals surface area contributed by atoms with E-state index in [1.165, 1.54) is 0 Å². The van der Waals surface area contributed by atoms with E-state index in [1.54, 1.807) is 28.7 Å². The summed E-state index contributed by atoms with van der Waals surface area (Å²) < 4.78 is 14.4. The molecular formula is C22H20N4O3. The summed E-state index contributed by atoms with van der Waals surface area (Å²) in [4.78, 5) is 12.3. The fourth-order valence-electron chi connectivity index (χ4n) is 2.85. The molecule has 0 radical (unpaired) electrons. The SMILES string of the molecule is CCOC(=O)c1nn(-c2ccccc2)cc1OCc1ccc(-n2cccn2)cc1. The normalized spacial score (nSPS) is 10.7. The lowest BCUT2D eigenvalue weighted by molar-refractivity contribution is 0.0514. The van der Waals surface area contributed by atoms with E-state index in [1.807, 2.05) is 66.9 Å². The van der Waals surface area contributed by atoms with Crippen molar-refractivity contribution in [2.45, 2.75) is 13.5 Å². The fourth-order valence-corrected chi connectivity index (χ4v) is 2.85. The third-order valence-electron chi connectivity index (χ3n) is 4.27. The molecule has 0 aliphatic rings. The Hall–Kier alpha value is -3.87. The Morgan fingerprint density at radius 1 is 0.966 bits per heavy atom. The second-order valence-corrected chi connectivity index (χ2v) is 6.25. The van der Waals surface area contributed by atoms with Crippen LogP contribution in [0, 0.1) is 0 Å². The molecule has 2 heterocycles. The van der Waals surface area contributed by atoms with Crippen LogP contribution >= 0.6 is 0 Å². The van der Waals surface area contributed by atoms with Crippen molar-refractivity contribution >= 4 is 5.97 Å². The molecule has 0 saturated carbocycles. The molecule has 2 aromatic heterocycles. The Morgan fingerprint density at radius 3 is 2.41 bits per heavy atom. The number of benzene rings is 2. The molecule has 29 heavy (non-hydrogen) atoms. The van der Waals surface area contributed by atoms with Gasteiger partial charge in [-0.15, -0.1) is 0 Å². The minimum absolute atomic E-state index is 0.156. The number of hydrogen-bond acceptors (Lipinski definition) is 5. The maximum Gasteiger partial charge on any atom is 0.362 e. The van der Waals surface area contributed by atoms with Crippen molar-refractivity contribution in [1.29, 1.82) is 0 Å². The molecule has 7 nitrogen and oxygen atoms in total. The lowest BCUT2D eigenvalue weighted by atomic mass is 10.2. The van der Waals surface area contributed by atoms with Gasteiger partial charge in [0.25, 0.3) is 0 Å². The summed E-state index contributed by atoms with van der Waals surface area (Å²) in [5, 5.41) is 8.58. The number of carbonyl (C=O) groups excluding carboxylic acids is 1. The Labute approximate surface area is 168 Å². The monoisotopic (exact) mass is 388 g/mol. The molecule has 146 valence electrons. The standard InChI is InChI=1S/C22H20N4O3/c1-2-28-22(27)21-20(15-26(24-21)18-7-4-3-5-8-18)29-16-17-9-11-19(12-10-17)25-14-6-13-23-25/h3-15H,2,16H2,1H3. The molecule has 0 atom stereocenters. The van der Waals surface area contributed by atoms with Gasteiger partial charge in [-0.2, -0.15) is 10.2 Å². The molecule has 0 amide bonds. The van der Waals surface area contributed by atoms with Gasteiger partial charge in [-0.3, -0.25) is 0 Å². The van der Waals surface area contributed by atoms with E-state index >= 15 is 0 Å². The first-order valence-electron chi connectivity index (χ1n) is 9.28. The van der Waals surface area contributed by atoms with Crippen LogP contribution in [0.5, 0.6) is 5.75 Å². The first-order valence-corrected chi connectivity index (χ1v) is 9.28. The Bertz CT molecular complexity index is 1070. The molecule has 0 saturated heterocycles. The van der Waals surface area contributed by atoms with Gasteiger partial charge < -0.3 is 9.47 Å². The van der Waals surface area contributed by atoms with Gasteiger partial charge in [0, 0.05) is 12.4 Å². The number of ether oxygens (including phenoxy) is 2. The molecule has 4 rings (SSSR count). The Kier molecular flexibility index (Phi) is 5.38. The van der Waals surface area contributed by atoms with Crippen molar-refractivity contribution in [2.75, 3.05) is 6.61 Å². The van der Waals surface area contributed by atoms with Crippen molar-refractivity contribution in [3.63, 3.8) is 0 Å². The van der Waals surface area contributed by atoms with E-state index in [9.17, 15) is 4.79 Å². The minimum atomic E-state index is -0.508. The highest BCUT2D eigenvalue weighted by Crippen LogP contribution is 2.22. The topological polar surface area (TPSA) is 71.2 Å². The summed E-state index contributed by atoms with van der Waals surface area (Å²) in [5.74, 6) is -0.130. The van der Waals surface area contributed by atoms with Gasteiger partial charge in [-0.1, -0.05) is 30.3 Å². The zero-order valence-electron chi connectivity index (χ0n) is 15.9. The van der Waals surface area contributed by atoms with Crippen molar-refractivity contribution in [2.24, 2.45) is 0 Å². The summed E-state index contributed by atoms with van der Waals surface area (Å²) in [6, 6.07) is 19.3. The van der Waals surface area contributed by atoms with Gasteiger partial charge in [-0.05, 0) is 42.8 Å². The third-order valence-corrected chi connectivity index (χ3v) is 4.27. The predicted octanol–water partition coefficient (Wildman–Crippen LogP) is 3.81. The number of aromatic nitrogens is 4. The molecule has 2 aromatic carbocycles. The second-order valence-electron chi connectivity index (χ2n) is 6.25. The van der Waals surface area contributed by atoms with Crippen LogP contribution in [0.2, 0.25) is 0 Å². The molecule has 0 unspecified atom stereocenters. The van der Waals surface area contributed by atoms with Crippen LogP contribution in [-0.4, -0.2) is 32.1 Å². The van der Waals surface area contributed by atoms with E-state index in [0.29, 0.717) is 12.4 Å². The van der Waals surface area contributed by atoms with Crippen molar-refractivity contribution < 1.29 is 14.3 Å². The summed E-state index contributed by atoms with van der Waals surface area (Å²) >= 11 is 0. The lowest BCUT2D eigenvalue weighted by Crippen LogP contribution is -2.08. The smallest absolute Gasteiger partial charge is 0.362 e. The van der Waals surface area contributed by atoms with Crippen molar-refractivity contribution in [1.82, 2.24) is 19.6 Å². The Balaban J connectivity index is 1.54. The van der Waals surface area contributed by atoms with Crippen molar-refractivity contribution in [3.8, 4) is 17.1 Å². The van der Waals surface area contributed by atoms with Crippen LogP contribution in [-0.2, 0) is 11.3 Å². The van der Waals surface area contributed by atoms with Gasteiger partial charge in [-0.25, -0.2) is 14.2 Å². The largest absolute Gasteiger partial charge is 0.485 e. The van der Waals surface area contributed by atoms with Gasteiger partial charge in [0.1, 0.15) is 6.61 Å². The number of hydrogen-bond donors (Lipinski definition) is 0. The molecule has 0 bridgehead atoms. The van der Waals surface area contributed by atoms with Crippen LogP contribution in [0.3, 0.4) is 0 Å². The van der Waals surface area contributed by atoms with Crippen molar-refractivity contribution in [3.05, 3.63) is 90.5 Å². The molecule has 7 heteroatoms. The highest BCUT2D eigenvalue weighted by Gasteiger charge is 2.20. The summed E-state index contributed by atoms with van der Waals surface area (Å²) in [7, 11) is 0. The van der Waals surface area contributed by atoms with E-state index in [2.05, 4.69) is 10.2 Å². The first-order chi connectivity index (χ1) is 14.2. The van der Waals surface area contributed by atoms with Gasteiger partial charge in [0.2, 0.25) is 5.69 Å². The molecule has 0 aliphatic carbocycles. The maximum absolute atomic E-state index is 12.3. The predicted molar refractivity (Wildman–Crippen MR) is 107 cm³/mol. The minimum Gasteiger partial charge on any atom is -0.485 e. The molecule has 0 spiro atoms. The highest BCUT2D eigenvalue weighted by atomic mass is 16.5. The number of esters is 1. The molecule has 4 aromatic rings. The summed E-state index contributed by atoms with van der Waals surface area (Å²) in [6.45, 7) is 2.32. The van der Waals surface area contributed by atoms with E-state index in [0.717, 1.165) is 16.9 Å². The van der Waals surface area contributed by atoms with Gasteiger partial charge >= 0.3 is 5.97 Å². The first kappa shape index (κ1) is 18.5. The number of carbonyl (C=O) groups is 1. The maximum atomic E-state index is 12.3. The number of para-hydroxylation sites is 1. The fraction of sp³-hybridized carbons (Fsp3) is 0.136. The highest BCUT2D eigenvalue weighted by molar-refractivity contribution is 5.90. The van der Waals surface area contributed by atoms with Gasteiger partial charge in [0.15, 0.2) is 5.75 Å². The van der Waals surface area contributed by atoms with E-state index in [-0.39, 0.29) is 12.3 Å². The average Bonchev–Trinajstić information content (AvgIpc) is 3.44. The van der Waals surface area contributed by atoms with Crippen LogP contribution < -0.4 is 4.74 Å². The van der Waals surface area contributed by atoms with E-state index in [4.69, 9.17) is 9.47 Å². The molecule has 0 aliphatic heterocycles. The van der Waals surface area contributed by atoms with Crippen LogP contribution in [0.25, 0.3) is 11.4 Å². The summed E-state index contributed by atoms with van der Waals surface area (Å²) in [6.07, 6.45) is 5.31. The quantitative estimate of drug-likeness (QED) is 0.450. The zero-order valence-corrected chi connectivity index (χ0v) is 15.9. The van der Waals surface area contributed by atoms with Crippen LogP contribution in [0.15, 0.2) is 79.3 Å². The lowest BCUT2D eigenvalue weighted by Gasteiger charge is -2.07. The average molecular weight is 388 g/mol. The third kappa shape index (κ3) is 4.19.